The summed E-state index contributed by atoms with van der Waals surface area (Å²) < 4.78 is 40.7. The predicted octanol–water partition coefficient (Wildman–Crippen LogP) is 4.67. The molecule has 4 aromatic rings. The van der Waals surface area contributed by atoms with Gasteiger partial charge in [0.15, 0.2) is 0 Å². The maximum Gasteiger partial charge on any atom is 0.210 e. The summed E-state index contributed by atoms with van der Waals surface area (Å²) in [6, 6.07) is 21.3. The molecule has 1 heterocycles. The van der Waals surface area contributed by atoms with Gasteiger partial charge in [-0.1, -0.05) is 48.5 Å². The van der Waals surface area contributed by atoms with Crippen molar-refractivity contribution < 1.29 is 12.8 Å². The molecule has 0 aliphatic rings. The normalized spacial score (nSPS) is 12.4. The molecule has 4 nitrogen and oxygen atoms in total. The van der Waals surface area contributed by atoms with Gasteiger partial charge in [-0.2, -0.15) is 0 Å². The van der Waals surface area contributed by atoms with Crippen LogP contribution < -0.4 is 0 Å². The lowest BCUT2D eigenvalue weighted by Crippen LogP contribution is -2.06. The van der Waals surface area contributed by atoms with Gasteiger partial charge in [-0.25, -0.2) is 17.8 Å². The highest BCUT2D eigenvalue weighted by molar-refractivity contribution is 8.00. The Morgan fingerprint density at radius 3 is 2.30 bits per heavy atom. The van der Waals surface area contributed by atoms with E-state index in [1.807, 2.05) is 18.2 Å². The molecular formula is C21H15FN2O2S. The highest BCUT2D eigenvalue weighted by Crippen LogP contribution is 2.30. The van der Waals surface area contributed by atoms with Gasteiger partial charge in [-0.15, -0.1) is 0 Å². The van der Waals surface area contributed by atoms with E-state index in [2.05, 4.69) is 9.97 Å². The molecule has 0 aliphatic carbocycles. The standard InChI is InChI=1S/C21H15FN2O2S/c22-17-11-5-4-8-15(17)14-20(27(25,26)16-9-2-1-3-10-16)21-23-18-12-6-7-13-19(18)24-21/h1-14H,(H,23,24)/b20-14+. The lowest BCUT2D eigenvalue weighted by Gasteiger charge is -2.08. The van der Waals surface area contributed by atoms with Crippen LogP contribution in [0, 0.1) is 5.82 Å². The molecule has 0 fully saturated rings. The average molecular weight is 378 g/mol. The molecule has 134 valence electrons. The Bertz CT molecular complexity index is 1210. The van der Waals surface area contributed by atoms with Crippen molar-refractivity contribution in [1.29, 1.82) is 0 Å². The van der Waals surface area contributed by atoms with E-state index in [-0.39, 0.29) is 21.2 Å². The third-order valence-electron chi connectivity index (χ3n) is 4.16. The van der Waals surface area contributed by atoms with Crippen LogP contribution in [-0.2, 0) is 9.84 Å². The fourth-order valence-electron chi connectivity index (χ4n) is 2.80. The highest BCUT2D eigenvalue weighted by Gasteiger charge is 2.25. The fraction of sp³-hybridized carbons (Fsp3) is 0. The summed E-state index contributed by atoms with van der Waals surface area (Å²) in [5, 5.41) is 0. The molecule has 0 radical (unpaired) electrons. The molecule has 0 saturated carbocycles. The van der Waals surface area contributed by atoms with Crippen molar-refractivity contribution in [3.05, 3.63) is 96.1 Å². The smallest absolute Gasteiger partial charge is 0.210 e. The monoisotopic (exact) mass is 378 g/mol. The minimum atomic E-state index is -3.92. The third-order valence-corrected chi connectivity index (χ3v) is 5.94. The minimum Gasteiger partial charge on any atom is -0.337 e. The number of rotatable bonds is 4. The van der Waals surface area contributed by atoms with Crippen LogP contribution in [0.1, 0.15) is 11.4 Å². The second-order valence-electron chi connectivity index (χ2n) is 5.95. The van der Waals surface area contributed by atoms with Crippen LogP contribution in [0.3, 0.4) is 0 Å². The van der Waals surface area contributed by atoms with E-state index in [0.717, 1.165) is 0 Å². The van der Waals surface area contributed by atoms with Gasteiger partial charge in [-0.05, 0) is 36.4 Å². The topological polar surface area (TPSA) is 62.8 Å². The number of aromatic nitrogens is 2. The van der Waals surface area contributed by atoms with Crippen molar-refractivity contribution in [3.63, 3.8) is 0 Å². The summed E-state index contributed by atoms with van der Waals surface area (Å²) in [5.74, 6) is -0.335. The third kappa shape index (κ3) is 3.27. The van der Waals surface area contributed by atoms with Gasteiger partial charge in [-0.3, -0.25) is 0 Å². The number of H-pyrrole nitrogens is 1. The van der Waals surface area contributed by atoms with Crippen molar-refractivity contribution in [1.82, 2.24) is 9.97 Å². The van der Waals surface area contributed by atoms with E-state index < -0.39 is 15.7 Å². The van der Waals surface area contributed by atoms with Crippen LogP contribution in [0.15, 0.2) is 83.8 Å². The van der Waals surface area contributed by atoms with Crippen LogP contribution >= 0.6 is 0 Å². The number of benzene rings is 3. The molecule has 0 saturated heterocycles. The summed E-state index contributed by atoms with van der Waals surface area (Å²) in [4.78, 5) is 7.47. The quantitative estimate of drug-likeness (QED) is 0.561. The number of hydrogen-bond donors (Lipinski definition) is 1. The van der Waals surface area contributed by atoms with Crippen LogP contribution in [0.5, 0.6) is 0 Å². The molecule has 0 amide bonds. The van der Waals surface area contributed by atoms with Crippen molar-refractivity contribution in [3.8, 4) is 0 Å². The Labute approximate surface area is 155 Å². The Hall–Kier alpha value is -3.25. The summed E-state index contributed by atoms with van der Waals surface area (Å²) in [6.07, 6.45) is 1.31. The number of imidazole rings is 1. The molecule has 4 rings (SSSR count). The number of nitrogens with one attached hydrogen (secondary N) is 1. The number of fused-ring (bicyclic) bond motifs is 1. The van der Waals surface area contributed by atoms with Crippen molar-refractivity contribution in [2.24, 2.45) is 0 Å². The first-order valence-electron chi connectivity index (χ1n) is 8.27. The van der Waals surface area contributed by atoms with Crippen molar-refractivity contribution in [2.75, 3.05) is 0 Å². The Morgan fingerprint density at radius 2 is 1.56 bits per heavy atom. The molecule has 27 heavy (non-hydrogen) atoms. The highest BCUT2D eigenvalue weighted by atomic mass is 32.2. The van der Waals surface area contributed by atoms with Gasteiger partial charge >= 0.3 is 0 Å². The van der Waals surface area contributed by atoms with E-state index in [1.54, 1.807) is 36.4 Å². The molecule has 1 aromatic heterocycles. The van der Waals surface area contributed by atoms with E-state index in [1.165, 1.54) is 30.3 Å². The van der Waals surface area contributed by atoms with Crippen molar-refractivity contribution in [2.45, 2.75) is 4.90 Å². The van der Waals surface area contributed by atoms with Gasteiger partial charge in [0.05, 0.1) is 15.9 Å². The Kier molecular flexibility index (Phi) is 4.33. The number of para-hydroxylation sites is 2. The molecule has 0 aliphatic heterocycles. The summed E-state index contributed by atoms with van der Waals surface area (Å²) >= 11 is 0. The molecule has 0 unspecified atom stereocenters. The van der Waals surface area contributed by atoms with Crippen LogP contribution in [0.4, 0.5) is 4.39 Å². The SMILES string of the molecule is O=S(=O)(/C(=C/c1ccccc1F)c1nc2ccccc2[nH]1)c1ccccc1. The number of sulfone groups is 1. The number of aromatic amines is 1. The average Bonchev–Trinajstić information content (AvgIpc) is 3.11. The van der Waals surface area contributed by atoms with Crippen LogP contribution in [-0.4, -0.2) is 18.4 Å². The van der Waals surface area contributed by atoms with E-state index in [4.69, 9.17) is 0 Å². The van der Waals surface area contributed by atoms with Crippen LogP contribution in [0.25, 0.3) is 22.0 Å². The van der Waals surface area contributed by atoms with Crippen molar-refractivity contribution >= 4 is 31.9 Å². The van der Waals surface area contributed by atoms with E-state index in [9.17, 15) is 12.8 Å². The maximum absolute atomic E-state index is 14.2. The van der Waals surface area contributed by atoms with Gasteiger partial charge < -0.3 is 4.98 Å². The summed E-state index contributed by atoms with van der Waals surface area (Å²) in [6.45, 7) is 0. The lowest BCUT2D eigenvalue weighted by atomic mass is 10.2. The first-order chi connectivity index (χ1) is 13.1. The van der Waals surface area contributed by atoms with Gasteiger partial charge in [0.1, 0.15) is 16.5 Å². The van der Waals surface area contributed by atoms with Gasteiger partial charge in [0.2, 0.25) is 9.84 Å². The molecule has 3 aromatic carbocycles. The van der Waals surface area contributed by atoms with E-state index >= 15 is 0 Å². The fourth-order valence-corrected chi connectivity index (χ4v) is 4.21. The largest absolute Gasteiger partial charge is 0.337 e. The first-order valence-corrected chi connectivity index (χ1v) is 9.75. The molecule has 0 bridgehead atoms. The zero-order valence-corrected chi connectivity index (χ0v) is 14.9. The molecule has 0 spiro atoms. The maximum atomic E-state index is 14.2. The molecule has 1 N–H and O–H groups in total. The second-order valence-corrected chi connectivity index (χ2v) is 7.87. The molecule has 0 atom stereocenters. The number of hydrogen-bond acceptors (Lipinski definition) is 3. The lowest BCUT2D eigenvalue weighted by molar-refractivity contribution is 0.606. The Balaban J connectivity index is 1.97. The van der Waals surface area contributed by atoms with Crippen LogP contribution in [0.2, 0.25) is 0 Å². The first kappa shape index (κ1) is 17.2. The zero-order chi connectivity index (χ0) is 18.9. The minimum absolute atomic E-state index is 0.0880. The van der Waals surface area contributed by atoms with E-state index in [0.29, 0.717) is 11.0 Å². The second kappa shape index (κ2) is 6.81. The molecule has 6 heteroatoms. The predicted molar refractivity (Wildman–Crippen MR) is 104 cm³/mol. The summed E-state index contributed by atoms with van der Waals surface area (Å²) in [5.41, 5.74) is 1.51. The summed E-state index contributed by atoms with van der Waals surface area (Å²) in [7, 11) is -3.92. The number of nitrogens with zero attached hydrogens (tertiary/aromatic N) is 1. The van der Waals surface area contributed by atoms with Gasteiger partial charge in [0, 0.05) is 5.56 Å². The number of halogens is 1. The molecular weight excluding hydrogens is 363 g/mol. The Morgan fingerprint density at radius 1 is 0.889 bits per heavy atom. The van der Waals surface area contributed by atoms with Gasteiger partial charge in [0.25, 0.3) is 0 Å². The zero-order valence-electron chi connectivity index (χ0n) is 14.1.